The van der Waals surface area contributed by atoms with E-state index in [9.17, 15) is 15.8 Å². The van der Waals surface area contributed by atoms with E-state index in [1.807, 2.05) is 110 Å². The Labute approximate surface area is 661 Å². The molecule has 6 N–H and O–H groups in total. The summed E-state index contributed by atoms with van der Waals surface area (Å²) in [6, 6.07) is 21.9. The summed E-state index contributed by atoms with van der Waals surface area (Å²) >= 11 is 19.0. The third kappa shape index (κ3) is 14.4. The largest absolute Gasteiger partial charge is 0.493 e. The van der Waals surface area contributed by atoms with Gasteiger partial charge in [0.1, 0.15) is 146 Å². The number of benzene rings is 3. The van der Waals surface area contributed by atoms with Crippen LogP contribution in [0.15, 0.2) is 111 Å². The normalized spacial score (nSPS) is 23.9. The first kappa shape index (κ1) is 78.6. The van der Waals surface area contributed by atoms with Crippen LogP contribution in [0, 0.1) is 34.0 Å². The summed E-state index contributed by atoms with van der Waals surface area (Å²) in [6.45, 7) is 11.7. The fourth-order valence-corrected chi connectivity index (χ4v) is 15.4. The van der Waals surface area contributed by atoms with Crippen molar-refractivity contribution < 1.29 is 71.1 Å². The molecule has 6 aliphatic heterocycles. The molecule has 33 nitrogen and oxygen atoms in total. The molecule has 12 atom stereocenters. The number of methoxy groups -OCH3 is 3. The highest BCUT2D eigenvalue weighted by Crippen LogP contribution is 2.50. The van der Waals surface area contributed by atoms with Crippen LogP contribution in [0.3, 0.4) is 0 Å². The number of nitrogens with two attached hydrogens (primary N) is 3. The van der Waals surface area contributed by atoms with Crippen molar-refractivity contribution in [2.45, 2.75) is 147 Å². The maximum atomic E-state index is 9.26. The summed E-state index contributed by atoms with van der Waals surface area (Å²) in [5, 5.41) is 32.7. The van der Waals surface area contributed by atoms with Crippen molar-refractivity contribution in [1.82, 2.24) is 58.6 Å². The summed E-state index contributed by atoms with van der Waals surface area (Å²) in [4.78, 5) is 38.4. The Balaban J connectivity index is 0.000000139. The van der Waals surface area contributed by atoms with Crippen molar-refractivity contribution in [3.05, 3.63) is 143 Å². The van der Waals surface area contributed by atoms with Crippen LogP contribution >= 0.6 is 34.8 Å². The Hall–Kier alpha value is -11.1. The van der Waals surface area contributed by atoms with E-state index in [0.29, 0.717) is 128 Å². The molecule has 0 spiro atoms. The number of halogens is 3. The highest BCUT2D eigenvalue weighted by atomic mass is 35.5. The lowest BCUT2D eigenvalue weighted by Gasteiger charge is -2.25. The zero-order valence-electron chi connectivity index (χ0n) is 60.6. The zero-order chi connectivity index (χ0) is 77.7. The SMILES string of the molecule is C.C.COc1cc2c(Cl)c(C#N)cnc2cc1OC[C@H]1O[C@@H](n2ccc3c(Cl)ncnc32)[C@@H]2OC(C)(C)O[C@@H]21.COc1cc2c(Cl)c(C#N)cnc2cc1OC[C@H]1O[C@@H](n2ccc3c(N)ncnc32)[C@@H]2OC(C)(C)O[C@@H]21.COc1cc2c(N)c(C#N)cnc2cc1OC[C@H]1O[C@@H](n2ccc3c(N)ncnc32)[C@@H]2OC(C)(C)O[C@@H]21. The highest BCUT2D eigenvalue weighted by molar-refractivity contribution is 6.37. The minimum Gasteiger partial charge on any atom is -0.493 e. The van der Waals surface area contributed by atoms with Gasteiger partial charge in [-0.15, -0.1) is 0 Å². The van der Waals surface area contributed by atoms with E-state index in [1.54, 1.807) is 36.4 Å². The van der Waals surface area contributed by atoms with Gasteiger partial charge in [-0.1, -0.05) is 49.7 Å². The van der Waals surface area contributed by atoms with Crippen molar-refractivity contribution in [2.75, 3.05) is 58.4 Å². The predicted molar refractivity (Wildman–Crippen MR) is 413 cm³/mol. The second-order valence-electron chi connectivity index (χ2n) is 27.8. The van der Waals surface area contributed by atoms with Crippen molar-refractivity contribution in [3.8, 4) is 52.7 Å². The third-order valence-electron chi connectivity index (χ3n) is 19.7. The third-order valence-corrected chi connectivity index (χ3v) is 20.8. The Morgan fingerprint density at radius 3 is 1.09 bits per heavy atom. The summed E-state index contributed by atoms with van der Waals surface area (Å²) < 4.78 is 97.4. The quantitative estimate of drug-likeness (QED) is 0.0802. The second-order valence-corrected chi connectivity index (χ2v) is 29.0. The minimum absolute atomic E-state index is 0. The molecule has 113 heavy (non-hydrogen) atoms. The fraction of sp³-hybridized carbons (Fsp3) is 0.377. The van der Waals surface area contributed by atoms with Gasteiger partial charge in [0.05, 0.1) is 86.5 Å². The van der Waals surface area contributed by atoms with Gasteiger partial charge in [-0.05, 0) is 77.9 Å². The molecule has 36 heteroatoms. The molecule has 15 heterocycles. The molecular formula is C77H77Cl3N18O15. The average Bonchev–Trinajstić information content (AvgIpc) is 1.60. The van der Waals surface area contributed by atoms with Crippen molar-refractivity contribution in [3.63, 3.8) is 0 Å². The van der Waals surface area contributed by atoms with E-state index in [1.165, 1.54) is 58.9 Å². The van der Waals surface area contributed by atoms with Crippen LogP contribution in [0.1, 0.15) is 91.8 Å². The molecule has 0 unspecified atom stereocenters. The van der Waals surface area contributed by atoms with Crippen LogP contribution in [-0.4, -0.2) is 172 Å². The first-order valence-corrected chi connectivity index (χ1v) is 35.8. The number of aromatic nitrogens is 12. The van der Waals surface area contributed by atoms with Crippen LogP contribution < -0.4 is 45.6 Å². The first-order valence-electron chi connectivity index (χ1n) is 34.7. The Bertz CT molecular complexity index is 5260. The van der Waals surface area contributed by atoms with Gasteiger partial charge in [-0.25, -0.2) is 29.9 Å². The molecule has 0 saturated carbocycles. The van der Waals surface area contributed by atoms with E-state index in [4.69, 9.17) is 123 Å². The topological polar surface area (TPSA) is 419 Å². The molecule has 18 rings (SSSR count). The Kier molecular flexibility index (Phi) is 21.4. The van der Waals surface area contributed by atoms with Crippen LogP contribution in [0.2, 0.25) is 15.2 Å². The average molecular weight is 1600 g/mol. The van der Waals surface area contributed by atoms with E-state index in [2.05, 4.69) is 44.9 Å². The van der Waals surface area contributed by atoms with Crippen LogP contribution in [0.4, 0.5) is 17.3 Å². The number of fused-ring (bicyclic) bond motifs is 9. The first-order chi connectivity index (χ1) is 53.4. The molecule has 3 aromatic carbocycles. The molecule has 6 saturated heterocycles. The number of rotatable bonds is 15. The van der Waals surface area contributed by atoms with Gasteiger partial charge >= 0.3 is 0 Å². The lowest BCUT2D eigenvalue weighted by atomic mass is 10.1. The summed E-state index contributed by atoms with van der Waals surface area (Å²) in [7, 11) is 4.59. The number of pyridine rings is 3. The Morgan fingerprint density at radius 2 is 0.726 bits per heavy atom. The van der Waals surface area contributed by atoms with Gasteiger partial charge < -0.3 is 102 Å². The molecule has 0 aliphatic carbocycles. The summed E-state index contributed by atoms with van der Waals surface area (Å²) in [6.07, 6.45) is 8.75. The molecule has 6 fully saturated rings. The van der Waals surface area contributed by atoms with Gasteiger partial charge in [0.25, 0.3) is 0 Å². The van der Waals surface area contributed by atoms with Gasteiger partial charge in [-0.3, -0.25) is 15.0 Å². The maximum absolute atomic E-state index is 9.26. The van der Waals surface area contributed by atoms with E-state index < -0.39 is 91.0 Å². The molecule has 0 bridgehead atoms. The van der Waals surface area contributed by atoms with E-state index in [-0.39, 0.29) is 45.8 Å². The second kappa shape index (κ2) is 30.8. The molecule has 0 radical (unpaired) electrons. The zero-order valence-corrected chi connectivity index (χ0v) is 62.9. The van der Waals surface area contributed by atoms with Gasteiger partial charge in [0, 0.05) is 71.5 Å². The lowest BCUT2D eigenvalue weighted by Crippen LogP contribution is -2.34. The maximum Gasteiger partial charge on any atom is 0.164 e. The number of nitrogens with zero attached hydrogens (tertiary/aromatic N) is 15. The highest BCUT2D eigenvalue weighted by Gasteiger charge is 2.59. The molecule has 586 valence electrons. The number of ether oxygens (including phenoxy) is 15. The van der Waals surface area contributed by atoms with Gasteiger partial charge in [0.15, 0.2) is 70.5 Å². The molecule has 12 aromatic rings. The van der Waals surface area contributed by atoms with Crippen LogP contribution in [0.25, 0.3) is 65.8 Å². The monoisotopic (exact) mass is 1600 g/mol. The van der Waals surface area contributed by atoms with Crippen LogP contribution in [-0.2, 0) is 42.6 Å². The summed E-state index contributed by atoms with van der Waals surface area (Å²) in [5.41, 5.74) is 23.0. The van der Waals surface area contributed by atoms with E-state index >= 15 is 0 Å². The van der Waals surface area contributed by atoms with Gasteiger partial charge in [-0.2, -0.15) is 15.8 Å². The number of hydrogen-bond donors (Lipinski definition) is 3. The smallest absolute Gasteiger partial charge is 0.164 e. The van der Waals surface area contributed by atoms with Crippen molar-refractivity contribution in [2.24, 2.45) is 0 Å². The van der Waals surface area contributed by atoms with Gasteiger partial charge in [0.2, 0.25) is 0 Å². The number of anilines is 3. The van der Waals surface area contributed by atoms with Crippen molar-refractivity contribution >= 4 is 118 Å². The number of hydrogen-bond acceptors (Lipinski definition) is 30. The lowest BCUT2D eigenvalue weighted by molar-refractivity contribution is -0.199. The standard InChI is InChI=1S/C25H21Cl2N5O5.C25H23ClN6O5.C25H25N7O5.2CH4/c1-25(2)36-20-18(35-24(21(20)37-25)32-5-4-13-22(27)30-11-31-23(13)32)10-34-17-7-15-14(6-16(17)33-3)19(26)12(8-28)9-29-15;1-25(2)36-20-18(35-24(21(20)37-25)32-5-4-13-22(28)30-11-31-23(13)32)10-34-17-7-15-14(6-16(17)33-3)19(26)12(8-27)9-29-15;1-25(2)36-20-18(35-24(21(20)37-25)32-5-4-13-22(28)30-11-31-23(13)32)10-34-17-7-15-14(6-16(17)33-3)19(27)12(8-26)9-29-15;;/h4-7,9,11,18,20-21,24H,10H2,1-3H3;4-7,9,11,18,20-21,24H,10H2,1-3H3,(H2,28,30,31);4-7,9,11,18,20-21,24H,10H2,1-3H3,(H2,27,29)(H2,28,30,31);2*1H4/t3*18-,20-,21-,24-;;/m111../s1. The van der Waals surface area contributed by atoms with Crippen molar-refractivity contribution in [1.29, 1.82) is 15.8 Å². The summed E-state index contributed by atoms with van der Waals surface area (Å²) in [5.74, 6) is 1.10. The van der Waals surface area contributed by atoms with Crippen LogP contribution in [0.5, 0.6) is 34.5 Å². The Morgan fingerprint density at radius 1 is 0.407 bits per heavy atom. The number of nitriles is 3. The molecular weight excluding hydrogens is 1520 g/mol. The molecule has 0 amide bonds. The predicted octanol–water partition coefficient (Wildman–Crippen LogP) is 12.0. The molecule has 6 aliphatic rings. The number of nitrogen functional groups attached to an aromatic ring is 3. The van der Waals surface area contributed by atoms with E-state index in [0.717, 1.165) is 10.8 Å². The minimum atomic E-state index is -0.801. The fourth-order valence-electron chi connectivity index (χ4n) is 14.7. The molecule has 9 aromatic heterocycles.